The van der Waals surface area contributed by atoms with E-state index in [-0.39, 0.29) is 5.91 Å². The Labute approximate surface area is 173 Å². The molecule has 0 bridgehead atoms. The molecule has 5 heteroatoms. The minimum Gasteiger partial charge on any atom is -0.379 e. The molecule has 0 spiro atoms. The maximum Gasteiger partial charge on any atom is 0.236 e. The summed E-state index contributed by atoms with van der Waals surface area (Å²) in [5.41, 5.74) is 5.42. The normalized spacial score (nSPS) is 16.7. The van der Waals surface area contributed by atoms with Gasteiger partial charge in [-0.05, 0) is 42.5 Å². The molecule has 154 valence electrons. The van der Waals surface area contributed by atoms with Crippen molar-refractivity contribution in [1.29, 1.82) is 0 Å². The van der Waals surface area contributed by atoms with Gasteiger partial charge in [0.2, 0.25) is 5.91 Å². The number of carbonyl (C=O) groups is 1. The summed E-state index contributed by atoms with van der Waals surface area (Å²) < 4.78 is 5.37. The molecule has 0 aromatic heterocycles. The van der Waals surface area contributed by atoms with Crippen LogP contribution in [0.5, 0.6) is 0 Å². The van der Waals surface area contributed by atoms with Crippen LogP contribution >= 0.6 is 0 Å². The van der Waals surface area contributed by atoms with E-state index in [1.54, 1.807) is 0 Å². The Morgan fingerprint density at radius 3 is 2.17 bits per heavy atom. The Hall–Kier alpha value is -2.37. The number of amides is 1. The highest BCUT2D eigenvalue weighted by Crippen LogP contribution is 2.35. The molecule has 2 aromatic rings. The lowest BCUT2D eigenvalue weighted by Crippen LogP contribution is -2.44. The maximum atomic E-state index is 12.6. The molecule has 0 atom stereocenters. The zero-order valence-corrected chi connectivity index (χ0v) is 17.3. The number of hydrogen-bond donors (Lipinski definition) is 0. The van der Waals surface area contributed by atoms with Crippen LogP contribution in [0.25, 0.3) is 0 Å². The molecule has 5 nitrogen and oxygen atoms in total. The first-order chi connectivity index (χ1) is 14.2. The maximum absolute atomic E-state index is 12.6. The number of likely N-dealkylation sites (N-methyl/N-ethyl adjacent to an activating group) is 1. The van der Waals surface area contributed by atoms with Gasteiger partial charge in [0.1, 0.15) is 0 Å². The molecule has 0 unspecified atom stereocenters. The van der Waals surface area contributed by atoms with Gasteiger partial charge in [0.05, 0.1) is 19.8 Å². The fraction of sp³-hybridized carbons (Fsp3) is 0.458. The quantitative estimate of drug-likeness (QED) is 0.756. The first-order valence-corrected chi connectivity index (χ1v) is 10.7. The lowest BCUT2D eigenvalue weighted by atomic mass is 10.0. The first-order valence-electron chi connectivity index (χ1n) is 10.7. The van der Waals surface area contributed by atoms with Crippen LogP contribution in [0.15, 0.2) is 48.5 Å². The van der Waals surface area contributed by atoms with Gasteiger partial charge in [-0.15, -0.1) is 0 Å². The molecule has 2 aliphatic rings. The number of rotatable bonds is 6. The Balaban J connectivity index is 1.39. The Morgan fingerprint density at radius 2 is 1.55 bits per heavy atom. The van der Waals surface area contributed by atoms with Crippen molar-refractivity contribution in [2.45, 2.75) is 19.3 Å². The Morgan fingerprint density at radius 1 is 0.966 bits per heavy atom. The zero-order chi connectivity index (χ0) is 20.1. The van der Waals surface area contributed by atoms with Gasteiger partial charge >= 0.3 is 0 Å². The average molecular weight is 394 g/mol. The molecule has 0 N–H and O–H groups in total. The molecule has 1 amide bonds. The van der Waals surface area contributed by atoms with Gasteiger partial charge < -0.3 is 14.5 Å². The summed E-state index contributed by atoms with van der Waals surface area (Å²) in [6, 6.07) is 17.4. The monoisotopic (exact) mass is 393 g/mol. The van der Waals surface area contributed by atoms with Gasteiger partial charge in [-0.25, -0.2) is 0 Å². The highest BCUT2D eigenvalue weighted by Gasteiger charge is 2.21. The summed E-state index contributed by atoms with van der Waals surface area (Å²) in [7, 11) is 1.92. The van der Waals surface area contributed by atoms with Crippen molar-refractivity contribution < 1.29 is 9.53 Å². The van der Waals surface area contributed by atoms with Gasteiger partial charge in [0.25, 0.3) is 0 Å². The second-order valence-electron chi connectivity index (χ2n) is 7.97. The van der Waals surface area contributed by atoms with E-state index in [0.717, 1.165) is 58.7 Å². The Bertz CT molecular complexity index is 785. The van der Waals surface area contributed by atoms with Crippen molar-refractivity contribution in [3.8, 4) is 0 Å². The van der Waals surface area contributed by atoms with E-state index in [1.165, 1.54) is 22.5 Å². The SMILES string of the molecule is CN(CCCN1c2ccccc2CCc2ccccc21)C(=O)CN1CCOCC1. The number of anilines is 2. The average Bonchev–Trinajstić information content (AvgIpc) is 2.92. The molecule has 0 radical (unpaired) electrons. The second kappa shape index (κ2) is 9.42. The lowest BCUT2D eigenvalue weighted by molar-refractivity contribution is -0.132. The standard InChI is InChI=1S/C24H31N3O2/c1-25(24(28)19-26-15-17-29-18-16-26)13-6-14-27-22-9-4-2-7-20(22)11-12-21-8-3-5-10-23(21)27/h2-5,7-10H,6,11-19H2,1H3. The molecule has 0 saturated carbocycles. The van der Waals surface area contributed by atoms with Gasteiger partial charge in [-0.1, -0.05) is 36.4 Å². The summed E-state index contributed by atoms with van der Waals surface area (Å²) in [4.78, 5) is 19.1. The third kappa shape index (κ3) is 4.80. The molecule has 4 rings (SSSR count). The van der Waals surface area contributed by atoms with Gasteiger partial charge in [0, 0.05) is 44.6 Å². The van der Waals surface area contributed by atoms with Crippen LogP contribution in [0, 0.1) is 0 Å². The van der Waals surface area contributed by atoms with Crippen LogP contribution in [0.4, 0.5) is 11.4 Å². The fourth-order valence-electron chi connectivity index (χ4n) is 4.27. The van der Waals surface area contributed by atoms with E-state index in [9.17, 15) is 4.79 Å². The third-order valence-corrected chi connectivity index (χ3v) is 5.99. The van der Waals surface area contributed by atoms with Crippen LogP contribution in [-0.4, -0.2) is 68.7 Å². The van der Waals surface area contributed by atoms with E-state index in [2.05, 4.69) is 58.3 Å². The minimum absolute atomic E-state index is 0.198. The zero-order valence-electron chi connectivity index (χ0n) is 17.3. The molecule has 2 aliphatic heterocycles. The summed E-state index contributed by atoms with van der Waals surface area (Å²) >= 11 is 0. The summed E-state index contributed by atoms with van der Waals surface area (Å²) in [5.74, 6) is 0.198. The van der Waals surface area contributed by atoms with E-state index in [0.29, 0.717) is 6.54 Å². The molecular formula is C24H31N3O2. The molecule has 0 aliphatic carbocycles. The number of morpholine rings is 1. The van der Waals surface area contributed by atoms with E-state index >= 15 is 0 Å². The smallest absolute Gasteiger partial charge is 0.236 e. The fourth-order valence-corrected chi connectivity index (χ4v) is 4.27. The van der Waals surface area contributed by atoms with Crippen molar-refractivity contribution in [1.82, 2.24) is 9.80 Å². The van der Waals surface area contributed by atoms with Crippen molar-refractivity contribution in [2.75, 3.05) is 57.9 Å². The number of nitrogens with zero attached hydrogens (tertiary/aromatic N) is 3. The number of benzene rings is 2. The predicted molar refractivity (Wildman–Crippen MR) is 117 cm³/mol. The largest absolute Gasteiger partial charge is 0.379 e. The van der Waals surface area contributed by atoms with Gasteiger partial charge in [-0.2, -0.15) is 0 Å². The predicted octanol–water partition coefficient (Wildman–Crippen LogP) is 3.10. The number of fused-ring (bicyclic) bond motifs is 2. The minimum atomic E-state index is 0.198. The van der Waals surface area contributed by atoms with Gasteiger partial charge in [0.15, 0.2) is 0 Å². The highest BCUT2D eigenvalue weighted by molar-refractivity contribution is 5.78. The van der Waals surface area contributed by atoms with Crippen LogP contribution in [-0.2, 0) is 22.4 Å². The number of aryl methyl sites for hydroxylation is 2. The van der Waals surface area contributed by atoms with Crippen LogP contribution < -0.4 is 4.90 Å². The number of carbonyl (C=O) groups excluding carboxylic acids is 1. The second-order valence-corrected chi connectivity index (χ2v) is 7.97. The first kappa shape index (κ1) is 19.9. The van der Waals surface area contributed by atoms with Gasteiger partial charge in [-0.3, -0.25) is 9.69 Å². The van der Waals surface area contributed by atoms with Crippen LogP contribution in [0.3, 0.4) is 0 Å². The highest BCUT2D eigenvalue weighted by atomic mass is 16.5. The molecule has 1 saturated heterocycles. The Kier molecular flexibility index (Phi) is 6.47. The number of para-hydroxylation sites is 2. The molecular weight excluding hydrogens is 362 g/mol. The number of ether oxygens (including phenoxy) is 1. The van der Waals surface area contributed by atoms with Crippen molar-refractivity contribution in [3.05, 3.63) is 59.7 Å². The van der Waals surface area contributed by atoms with Crippen molar-refractivity contribution in [2.24, 2.45) is 0 Å². The third-order valence-electron chi connectivity index (χ3n) is 5.99. The molecule has 2 aromatic carbocycles. The molecule has 2 heterocycles. The van der Waals surface area contributed by atoms with Crippen molar-refractivity contribution >= 4 is 17.3 Å². The van der Waals surface area contributed by atoms with Crippen molar-refractivity contribution in [3.63, 3.8) is 0 Å². The molecule has 29 heavy (non-hydrogen) atoms. The van der Waals surface area contributed by atoms with E-state index < -0.39 is 0 Å². The summed E-state index contributed by atoms with van der Waals surface area (Å²) in [6.45, 7) is 5.32. The van der Waals surface area contributed by atoms with E-state index in [4.69, 9.17) is 4.74 Å². The van der Waals surface area contributed by atoms with Crippen LogP contribution in [0.1, 0.15) is 17.5 Å². The number of hydrogen-bond acceptors (Lipinski definition) is 4. The van der Waals surface area contributed by atoms with E-state index in [1.807, 2.05) is 11.9 Å². The van der Waals surface area contributed by atoms with Crippen LogP contribution in [0.2, 0.25) is 0 Å². The molecule has 1 fully saturated rings. The summed E-state index contributed by atoms with van der Waals surface area (Å²) in [5, 5.41) is 0. The lowest BCUT2D eigenvalue weighted by Gasteiger charge is -2.29. The summed E-state index contributed by atoms with van der Waals surface area (Å²) in [6.07, 6.45) is 3.08. The topological polar surface area (TPSA) is 36.0 Å².